The molecule has 0 bridgehead atoms. The number of carbonyl (C=O) groups is 2. The summed E-state index contributed by atoms with van der Waals surface area (Å²) < 4.78 is 5.52. The van der Waals surface area contributed by atoms with Crippen molar-refractivity contribution >= 4 is 34.7 Å². The summed E-state index contributed by atoms with van der Waals surface area (Å²) in [4.78, 5) is 32.5. The van der Waals surface area contributed by atoms with Gasteiger partial charge < -0.3 is 14.5 Å². The van der Waals surface area contributed by atoms with E-state index in [1.165, 1.54) is 4.90 Å². The molecule has 2 aliphatic rings. The Kier molecular flexibility index (Phi) is 5.79. The second-order valence-electron chi connectivity index (χ2n) is 7.37. The van der Waals surface area contributed by atoms with Crippen LogP contribution in [0.25, 0.3) is 5.57 Å². The first-order valence-corrected chi connectivity index (χ1v) is 10.4. The number of rotatable bonds is 5. The van der Waals surface area contributed by atoms with E-state index in [-0.39, 0.29) is 11.8 Å². The van der Waals surface area contributed by atoms with Crippen molar-refractivity contribution in [2.45, 2.75) is 6.92 Å². The molecule has 0 N–H and O–H groups in total. The molecule has 156 valence electrons. The number of para-hydroxylation sites is 1. The van der Waals surface area contributed by atoms with Gasteiger partial charge in [-0.1, -0.05) is 35.9 Å². The van der Waals surface area contributed by atoms with Crippen molar-refractivity contribution in [2.24, 2.45) is 0 Å². The standard InChI is InChI=1S/C23H24ClN3O3/c1-3-30-17-10-8-16(9-11-17)20-21(26-14-12-25(2)13-15-26)23(29)27(22(20)28)19-7-5-4-6-18(19)24/h4-11H,3,12-15H2,1-2H3. The van der Waals surface area contributed by atoms with Gasteiger partial charge in [-0.25, -0.2) is 4.90 Å². The van der Waals surface area contributed by atoms with Gasteiger partial charge in [0.15, 0.2) is 0 Å². The fraction of sp³-hybridized carbons (Fsp3) is 0.304. The molecular weight excluding hydrogens is 402 g/mol. The lowest BCUT2D eigenvalue weighted by Gasteiger charge is -2.34. The Morgan fingerprint density at radius 2 is 1.60 bits per heavy atom. The Labute approximate surface area is 181 Å². The summed E-state index contributed by atoms with van der Waals surface area (Å²) in [5.74, 6) is 0.0375. The zero-order valence-electron chi connectivity index (χ0n) is 17.1. The zero-order valence-corrected chi connectivity index (χ0v) is 17.9. The summed E-state index contributed by atoms with van der Waals surface area (Å²) in [5, 5.41) is 0.366. The first-order valence-electron chi connectivity index (χ1n) is 10.1. The van der Waals surface area contributed by atoms with Gasteiger partial charge >= 0.3 is 0 Å². The van der Waals surface area contributed by atoms with Crippen LogP contribution in [-0.2, 0) is 9.59 Å². The summed E-state index contributed by atoms with van der Waals surface area (Å²) in [7, 11) is 2.05. The number of hydrogen-bond acceptors (Lipinski definition) is 5. The van der Waals surface area contributed by atoms with Gasteiger partial charge in [0.05, 0.1) is 22.9 Å². The average Bonchev–Trinajstić information content (AvgIpc) is 3.00. The van der Waals surface area contributed by atoms with E-state index < -0.39 is 0 Å². The zero-order chi connectivity index (χ0) is 21.3. The summed E-state index contributed by atoms with van der Waals surface area (Å²) in [6, 6.07) is 14.2. The third-order valence-electron chi connectivity index (χ3n) is 5.43. The van der Waals surface area contributed by atoms with Gasteiger partial charge in [-0.3, -0.25) is 9.59 Å². The smallest absolute Gasteiger partial charge is 0.282 e. The highest BCUT2D eigenvalue weighted by Crippen LogP contribution is 2.38. The van der Waals surface area contributed by atoms with Gasteiger partial charge in [0.25, 0.3) is 11.8 Å². The van der Waals surface area contributed by atoms with Crippen molar-refractivity contribution in [3.63, 3.8) is 0 Å². The summed E-state index contributed by atoms with van der Waals surface area (Å²) in [6.07, 6.45) is 0. The predicted molar refractivity (Wildman–Crippen MR) is 118 cm³/mol. The fourth-order valence-corrected chi connectivity index (χ4v) is 4.06. The van der Waals surface area contributed by atoms with Gasteiger partial charge in [-0.05, 0) is 43.8 Å². The molecule has 30 heavy (non-hydrogen) atoms. The van der Waals surface area contributed by atoms with Crippen LogP contribution in [-0.4, -0.2) is 61.4 Å². The first kappa shape index (κ1) is 20.4. The Balaban J connectivity index is 1.79. The van der Waals surface area contributed by atoms with Crippen molar-refractivity contribution in [3.05, 3.63) is 64.8 Å². The summed E-state index contributed by atoms with van der Waals surface area (Å²) >= 11 is 6.34. The molecule has 0 atom stereocenters. The number of anilines is 1. The normalized spacial score (nSPS) is 17.8. The molecule has 0 aromatic heterocycles. The van der Waals surface area contributed by atoms with Gasteiger partial charge in [-0.15, -0.1) is 0 Å². The van der Waals surface area contributed by atoms with Gasteiger partial charge in [0.1, 0.15) is 11.4 Å². The van der Waals surface area contributed by atoms with Crippen molar-refractivity contribution in [3.8, 4) is 5.75 Å². The largest absolute Gasteiger partial charge is 0.494 e. The number of halogens is 1. The number of hydrogen-bond donors (Lipinski definition) is 0. The topological polar surface area (TPSA) is 53.1 Å². The minimum Gasteiger partial charge on any atom is -0.494 e. The van der Waals surface area contributed by atoms with Crippen molar-refractivity contribution in [1.82, 2.24) is 9.80 Å². The molecule has 2 amide bonds. The van der Waals surface area contributed by atoms with Crippen molar-refractivity contribution < 1.29 is 14.3 Å². The maximum atomic E-state index is 13.5. The highest BCUT2D eigenvalue weighted by atomic mass is 35.5. The molecule has 0 aliphatic carbocycles. The van der Waals surface area contributed by atoms with Crippen LogP contribution >= 0.6 is 11.6 Å². The van der Waals surface area contributed by atoms with E-state index in [4.69, 9.17) is 16.3 Å². The molecule has 2 aliphatic heterocycles. The lowest BCUT2D eigenvalue weighted by Crippen LogP contribution is -2.46. The Morgan fingerprint density at radius 3 is 2.23 bits per heavy atom. The number of benzene rings is 2. The SMILES string of the molecule is CCOc1ccc(C2=C(N3CCN(C)CC3)C(=O)N(c3ccccc3Cl)C2=O)cc1. The van der Waals surface area contributed by atoms with E-state index in [1.807, 2.05) is 36.1 Å². The third kappa shape index (κ3) is 3.68. The maximum absolute atomic E-state index is 13.5. The molecule has 2 heterocycles. The molecule has 0 unspecified atom stereocenters. The summed E-state index contributed by atoms with van der Waals surface area (Å²) in [5.41, 5.74) is 1.95. The second kappa shape index (κ2) is 8.50. The monoisotopic (exact) mass is 425 g/mol. The maximum Gasteiger partial charge on any atom is 0.282 e. The lowest BCUT2D eigenvalue weighted by molar-refractivity contribution is -0.120. The number of imide groups is 1. The molecule has 0 radical (unpaired) electrons. The molecule has 0 spiro atoms. The molecule has 4 rings (SSSR count). The molecule has 0 saturated carbocycles. The lowest BCUT2D eigenvalue weighted by atomic mass is 10.0. The van der Waals surface area contributed by atoms with E-state index in [2.05, 4.69) is 11.9 Å². The van der Waals surface area contributed by atoms with Gasteiger partial charge in [0, 0.05) is 26.2 Å². The fourth-order valence-electron chi connectivity index (χ4n) is 3.84. The minimum atomic E-state index is -0.355. The number of ether oxygens (including phenoxy) is 1. The number of nitrogens with zero attached hydrogens (tertiary/aromatic N) is 3. The van der Waals surface area contributed by atoms with Crippen LogP contribution in [0.4, 0.5) is 5.69 Å². The van der Waals surface area contributed by atoms with Crippen LogP contribution in [0.3, 0.4) is 0 Å². The van der Waals surface area contributed by atoms with Gasteiger partial charge in [-0.2, -0.15) is 0 Å². The minimum absolute atomic E-state index is 0.332. The highest BCUT2D eigenvalue weighted by molar-refractivity contribution is 6.47. The molecule has 2 aromatic rings. The molecule has 7 heteroatoms. The molecule has 6 nitrogen and oxygen atoms in total. The van der Waals surface area contributed by atoms with E-state index in [0.29, 0.717) is 47.2 Å². The quantitative estimate of drug-likeness (QED) is 0.688. The van der Waals surface area contributed by atoms with Crippen LogP contribution in [0.2, 0.25) is 5.02 Å². The van der Waals surface area contributed by atoms with Crippen LogP contribution in [0.1, 0.15) is 12.5 Å². The Hall–Kier alpha value is -2.83. The van der Waals surface area contributed by atoms with Crippen LogP contribution in [0.5, 0.6) is 5.75 Å². The van der Waals surface area contributed by atoms with E-state index >= 15 is 0 Å². The van der Waals surface area contributed by atoms with Gasteiger partial charge in [0.2, 0.25) is 0 Å². The molecule has 2 aromatic carbocycles. The van der Waals surface area contributed by atoms with E-state index in [0.717, 1.165) is 18.8 Å². The second-order valence-corrected chi connectivity index (χ2v) is 7.78. The Morgan fingerprint density at radius 1 is 0.933 bits per heavy atom. The molecule has 1 saturated heterocycles. The van der Waals surface area contributed by atoms with Crippen molar-refractivity contribution in [2.75, 3.05) is 44.7 Å². The predicted octanol–water partition coefficient (Wildman–Crippen LogP) is 3.27. The van der Waals surface area contributed by atoms with Crippen molar-refractivity contribution in [1.29, 1.82) is 0 Å². The number of amides is 2. The van der Waals surface area contributed by atoms with E-state index in [9.17, 15) is 9.59 Å². The number of likely N-dealkylation sites (N-methyl/N-ethyl adjacent to an activating group) is 1. The molecular formula is C23H24ClN3O3. The van der Waals surface area contributed by atoms with Crippen LogP contribution in [0, 0.1) is 0 Å². The summed E-state index contributed by atoms with van der Waals surface area (Å²) in [6.45, 7) is 5.50. The number of piperazine rings is 1. The van der Waals surface area contributed by atoms with Crippen LogP contribution in [0.15, 0.2) is 54.2 Å². The average molecular weight is 426 g/mol. The molecule has 1 fully saturated rings. The van der Waals surface area contributed by atoms with E-state index in [1.54, 1.807) is 24.3 Å². The highest BCUT2D eigenvalue weighted by Gasteiger charge is 2.43. The Bertz CT molecular complexity index is 995. The number of carbonyl (C=O) groups excluding carboxylic acids is 2. The first-order chi connectivity index (χ1) is 14.5. The third-order valence-corrected chi connectivity index (χ3v) is 5.75. The van der Waals surface area contributed by atoms with Crippen LogP contribution < -0.4 is 9.64 Å².